The topological polar surface area (TPSA) is 40.5 Å². The molecule has 4 aliphatic rings. The molecule has 0 saturated heterocycles. The Morgan fingerprint density at radius 1 is 0.769 bits per heavy atom. The Bertz CT molecular complexity index is 189. The van der Waals surface area contributed by atoms with Crippen molar-refractivity contribution in [2.24, 2.45) is 23.7 Å². The minimum Gasteiger partial charge on any atom is -0.427 e. The molecule has 13 heavy (non-hydrogen) atoms. The second kappa shape index (κ2) is 2.74. The first-order chi connectivity index (χ1) is 6.24. The maximum Gasteiger partial charge on any atom is 0.455 e. The van der Waals surface area contributed by atoms with Gasteiger partial charge in [0, 0.05) is 0 Å². The zero-order chi connectivity index (χ0) is 9.00. The lowest BCUT2D eigenvalue weighted by Gasteiger charge is -2.54. The molecule has 4 saturated carbocycles. The Kier molecular flexibility index (Phi) is 1.75. The molecule has 0 atom stereocenters. The lowest BCUT2D eigenvalue weighted by Crippen LogP contribution is -2.47. The lowest BCUT2D eigenvalue weighted by molar-refractivity contribution is 0.0101. The predicted octanol–water partition coefficient (Wildman–Crippen LogP) is 1.29. The fraction of sp³-hybridized carbons (Fsp3) is 1.00. The van der Waals surface area contributed by atoms with Crippen LogP contribution in [0.1, 0.15) is 32.1 Å². The Hall–Kier alpha value is -0.0151. The van der Waals surface area contributed by atoms with Crippen molar-refractivity contribution in [1.29, 1.82) is 0 Å². The van der Waals surface area contributed by atoms with Gasteiger partial charge in [-0.3, -0.25) is 0 Å². The molecule has 0 heterocycles. The summed E-state index contributed by atoms with van der Waals surface area (Å²) in [6.45, 7) is 0. The summed E-state index contributed by atoms with van der Waals surface area (Å²) in [5, 5.41) is 18.7. The molecule has 2 N–H and O–H groups in total. The molecule has 0 aliphatic heterocycles. The zero-order valence-electron chi connectivity index (χ0n) is 7.89. The van der Waals surface area contributed by atoms with Gasteiger partial charge >= 0.3 is 7.12 Å². The van der Waals surface area contributed by atoms with E-state index in [1.54, 1.807) is 0 Å². The first kappa shape index (κ1) is 8.31. The number of hydrogen-bond acceptors (Lipinski definition) is 2. The molecule has 3 heteroatoms. The summed E-state index contributed by atoms with van der Waals surface area (Å²) in [5.74, 6) is 3.34. The SMILES string of the molecule is OB(O)C1C2CC3CC(C2)CC1C3. The summed E-state index contributed by atoms with van der Waals surface area (Å²) in [6.07, 6.45) is 6.52. The Balaban J connectivity index is 1.85. The standard InChI is InChI=1S/C10H17BO2/c12-11(13)10-8-2-6-1-7(4-8)5-9(10)3-6/h6-10,12-13H,1-5H2. The highest BCUT2D eigenvalue weighted by atomic mass is 16.4. The number of rotatable bonds is 1. The third-order valence-corrected chi connectivity index (χ3v) is 4.64. The van der Waals surface area contributed by atoms with E-state index >= 15 is 0 Å². The van der Waals surface area contributed by atoms with Crippen molar-refractivity contribution in [2.45, 2.75) is 37.9 Å². The normalized spacial score (nSPS) is 52.6. The molecular formula is C10H17BO2. The first-order valence-corrected chi connectivity index (χ1v) is 5.60. The van der Waals surface area contributed by atoms with Gasteiger partial charge in [0.2, 0.25) is 0 Å². The number of hydrogen-bond donors (Lipinski definition) is 2. The molecule has 0 aromatic rings. The highest BCUT2D eigenvalue weighted by molar-refractivity contribution is 6.43. The van der Waals surface area contributed by atoms with Gasteiger partial charge in [0.25, 0.3) is 0 Å². The average Bonchev–Trinajstić information content (AvgIpc) is 2.00. The molecule has 72 valence electrons. The van der Waals surface area contributed by atoms with Crippen molar-refractivity contribution >= 4 is 7.12 Å². The summed E-state index contributed by atoms with van der Waals surface area (Å²) in [5.41, 5.74) is 0. The maximum absolute atomic E-state index is 9.34. The third kappa shape index (κ3) is 1.17. The second-order valence-electron chi connectivity index (χ2n) is 5.42. The van der Waals surface area contributed by atoms with Gasteiger partial charge in [-0.05, 0) is 61.6 Å². The highest BCUT2D eigenvalue weighted by Gasteiger charge is 2.51. The third-order valence-electron chi connectivity index (χ3n) is 4.64. The fourth-order valence-corrected chi connectivity index (χ4v) is 4.45. The van der Waals surface area contributed by atoms with Crippen molar-refractivity contribution in [1.82, 2.24) is 0 Å². The molecule has 4 aliphatic carbocycles. The molecular weight excluding hydrogens is 163 g/mol. The van der Waals surface area contributed by atoms with Gasteiger partial charge in [0.15, 0.2) is 0 Å². The highest BCUT2D eigenvalue weighted by Crippen LogP contribution is 2.59. The summed E-state index contributed by atoms with van der Waals surface area (Å²) >= 11 is 0. The monoisotopic (exact) mass is 180 g/mol. The van der Waals surface area contributed by atoms with Crippen LogP contribution >= 0.6 is 0 Å². The van der Waals surface area contributed by atoms with E-state index in [1.807, 2.05) is 0 Å². The molecule has 0 unspecified atom stereocenters. The first-order valence-electron chi connectivity index (χ1n) is 5.60. The second-order valence-corrected chi connectivity index (χ2v) is 5.42. The van der Waals surface area contributed by atoms with Crippen molar-refractivity contribution < 1.29 is 10.0 Å². The Morgan fingerprint density at radius 3 is 1.62 bits per heavy atom. The lowest BCUT2D eigenvalue weighted by atomic mass is 9.43. The van der Waals surface area contributed by atoms with Crippen molar-refractivity contribution in [3.8, 4) is 0 Å². The van der Waals surface area contributed by atoms with Gasteiger partial charge in [-0.2, -0.15) is 0 Å². The van der Waals surface area contributed by atoms with E-state index in [9.17, 15) is 10.0 Å². The van der Waals surface area contributed by atoms with Crippen LogP contribution in [0.2, 0.25) is 5.82 Å². The molecule has 0 spiro atoms. The quantitative estimate of drug-likeness (QED) is 0.597. The molecule has 0 amide bonds. The van der Waals surface area contributed by atoms with Crippen LogP contribution in [-0.4, -0.2) is 17.2 Å². The molecule has 4 bridgehead atoms. The maximum atomic E-state index is 9.34. The summed E-state index contributed by atoms with van der Waals surface area (Å²) in [6, 6.07) is 0. The molecule has 0 aromatic carbocycles. The van der Waals surface area contributed by atoms with Crippen LogP contribution in [0.15, 0.2) is 0 Å². The van der Waals surface area contributed by atoms with Crippen molar-refractivity contribution in [3.05, 3.63) is 0 Å². The molecule has 0 radical (unpaired) electrons. The van der Waals surface area contributed by atoms with Gasteiger partial charge in [-0.1, -0.05) is 0 Å². The van der Waals surface area contributed by atoms with E-state index in [0.29, 0.717) is 11.8 Å². The summed E-state index contributed by atoms with van der Waals surface area (Å²) < 4.78 is 0. The van der Waals surface area contributed by atoms with Gasteiger partial charge in [0.05, 0.1) is 0 Å². The molecule has 0 aromatic heterocycles. The van der Waals surface area contributed by atoms with E-state index in [2.05, 4.69) is 0 Å². The van der Waals surface area contributed by atoms with Gasteiger partial charge in [-0.25, -0.2) is 0 Å². The van der Waals surface area contributed by atoms with E-state index in [0.717, 1.165) is 11.8 Å². The van der Waals surface area contributed by atoms with Crippen molar-refractivity contribution in [3.63, 3.8) is 0 Å². The van der Waals surface area contributed by atoms with E-state index in [1.165, 1.54) is 32.1 Å². The average molecular weight is 180 g/mol. The van der Waals surface area contributed by atoms with Crippen LogP contribution in [0.3, 0.4) is 0 Å². The van der Waals surface area contributed by atoms with Crippen LogP contribution in [0.25, 0.3) is 0 Å². The largest absolute Gasteiger partial charge is 0.455 e. The van der Waals surface area contributed by atoms with Crippen LogP contribution in [0.4, 0.5) is 0 Å². The zero-order valence-corrected chi connectivity index (χ0v) is 7.89. The molecule has 2 nitrogen and oxygen atoms in total. The van der Waals surface area contributed by atoms with E-state index in [-0.39, 0.29) is 5.82 Å². The van der Waals surface area contributed by atoms with Crippen LogP contribution < -0.4 is 0 Å². The molecule has 4 fully saturated rings. The van der Waals surface area contributed by atoms with Crippen molar-refractivity contribution in [2.75, 3.05) is 0 Å². The fourth-order valence-electron chi connectivity index (χ4n) is 4.45. The van der Waals surface area contributed by atoms with Crippen LogP contribution in [0.5, 0.6) is 0 Å². The summed E-state index contributed by atoms with van der Waals surface area (Å²) in [7, 11) is -1.05. The smallest absolute Gasteiger partial charge is 0.427 e. The van der Waals surface area contributed by atoms with Gasteiger partial charge in [-0.15, -0.1) is 0 Å². The minimum absolute atomic E-state index is 0.216. The van der Waals surface area contributed by atoms with Crippen LogP contribution in [0, 0.1) is 23.7 Å². The predicted molar refractivity (Wildman–Crippen MR) is 51.0 cm³/mol. The van der Waals surface area contributed by atoms with Crippen LogP contribution in [-0.2, 0) is 0 Å². The molecule has 4 rings (SSSR count). The minimum atomic E-state index is -1.05. The summed E-state index contributed by atoms with van der Waals surface area (Å²) in [4.78, 5) is 0. The van der Waals surface area contributed by atoms with E-state index in [4.69, 9.17) is 0 Å². The Morgan fingerprint density at radius 2 is 1.23 bits per heavy atom. The van der Waals surface area contributed by atoms with E-state index < -0.39 is 7.12 Å². The Labute approximate surface area is 79.5 Å². The van der Waals surface area contributed by atoms with Gasteiger partial charge in [0.1, 0.15) is 0 Å². The van der Waals surface area contributed by atoms with Gasteiger partial charge < -0.3 is 10.0 Å².